The monoisotopic (exact) mass is 383 g/mol. The van der Waals surface area contributed by atoms with Crippen LogP contribution in [-0.2, 0) is 6.42 Å². The van der Waals surface area contributed by atoms with Crippen molar-refractivity contribution < 1.29 is 4.52 Å². The Hall–Kier alpha value is -0.710. The Morgan fingerprint density at radius 3 is 2.86 bits per heavy atom. The third-order valence-electron chi connectivity index (χ3n) is 3.73. The van der Waals surface area contributed by atoms with Crippen LogP contribution in [0.3, 0.4) is 0 Å². The lowest BCUT2D eigenvalue weighted by Crippen LogP contribution is -2.06. The molecule has 1 aliphatic carbocycles. The number of thiocarbonyl (C=S) groups is 1. The van der Waals surface area contributed by atoms with E-state index < -0.39 is 0 Å². The second kappa shape index (κ2) is 6.19. The summed E-state index contributed by atoms with van der Waals surface area (Å²) in [5.41, 5.74) is 3.17. The van der Waals surface area contributed by atoms with E-state index in [2.05, 4.69) is 28.0 Å². The molecule has 1 aromatic heterocycles. The minimum atomic E-state index is 0.491. The molecule has 3 rings (SSSR count). The summed E-state index contributed by atoms with van der Waals surface area (Å²) in [6.45, 7) is 2.15. The Morgan fingerprint density at radius 2 is 2.19 bits per heavy atom. The Morgan fingerprint density at radius 1 is 1.43 bits per heavy atom. The number of aromatic nitrogens is 1. The SMILES string of the molecule is CCCc1c(C(=S)c2cnoc2C2CC2)ccc(Cl)c1Br. The molecule has 0 saturated heterocycles. The summed E-state index contributed by atoms with van der Waals surface area (Å²) < 4.78 is 6.35. The highest BCUT2D eigenvalue weighted by atomic mass is 79.9. The van der Waals surface area contributed by atoms with E-state index >= 15 is 0 Å². The minimum Gasteiger partial charge on any atom is -0.360 e. The summed E-state index contributed by atoms with van der Waals surface area (Å²) >= 11 is 15.5. The number of rotatable bonds is 5. The van der Waals surface area contributed by atoms with Crippen LogP contribution in [0.5, 0.6) is 0 Å². The second-order valence-electron chi connectivity index (χ2n) is 5.34. The maximum absolute atomic E-state index is 6.22. The van der Waals surface area contributed by atoms with Gasteiger partial charge in [-0.25, -0.2) is 0 Å². The molecule has 0 spiro atoms. The number of nitrogens with zero attached hydrogens (tertiary/aromatic N) is 1. The van der Waals surface area contributed by atoms with Gasteiger partial charge in [0.15, 0.2) is 0 Å². The van der Waals surface area contributed by atoms with E-state index in [0.29, 0.717) is 5.92 Å². The fourth-order valence-corrected chi connectivity index (χ4v) is 3.57. The van der Waals surface area contributed by atoms with E-state index in [9.17, 15) is 0 Å². The normalized spacial score (nSPS) is 14.4. The molecule has 1 heterocycles. The Kier molecular flexibility index (Phi) is 4.48. The standard InChI is InChI=1S/C16H15BrClNOS/c1-2-3-10-11(6-7-13(18)14(10)17)16(21)12-8-19-20-15(12)9-4-5-9/h6-9H,2-5H2,1H3. The average Bonchev–Trinajstić information content (AvgIpc) is 3.21. The molecule has 0 atom stereocenters. The summed E-state index contributed by atoms with van der Waals surface area (Å²) in [4.78, 5) is 0.805. The average molecular weight is 385 g/mol. The Balaban J connectivity index is 2.05. The van der Waals surface area contributed by atoms with E-state index in [4.69, 9.17) is 28.3 Å². The van der Waals surface area contributed by atoms with Gasteiger partial charge in [-0.15, -0.1) is 0 Å². The van der Waals surface area contributed by atoms with E-state index in [-0.39, 0.29) is 0 Å². The first-order valence-electron chi connectivity index (χ1n) is 7.09. The molecular weight excluding hydrogens is 370 g/mol. The van der Waals surface area contributed by atoms with Gasteiger partial charge in [0.25, 0.3) is 0 Å². The predicted octanol–water partition coefficient (Wildman–Crippen LogP) is 5.69. The third kappa shape index (κ3) is 2.94. The molecule has 0 bridgehead atoms. The van der Waals surface area contributed by atoms with Crippen molar-refractivity contribution in [2.24, 2.45) is 0 Å². The number of benzene rings is 1. The topological polar surface area (TPSA) is 26.0 Å². The summed E-state index contributed by atoms with van der Waals surface area (Å²) in [5.74, 6) is 1.43. The van der Waals surface area contributed by atoms with Crippen molar-refractivity contribution in [3.63, 3.8) is 0 Å². The summed E-state index contributed by atoms with van der Waals surface area (Å²) in [7, 11) is 0. The zero-order valence-electron chi connectivity index (χ0n) is 11.7. The lowest BCUT2D eigenvalue weighted by atomic mass is 9.96. The predicted molar refractivity (Wildman–Crippen MR) is 92.4 cm³/mol. The van der Waals surface area contributed by atoms with Crippen LogP contribution in [0, 0.1) is 0 Å². The highest BCUT2D eigenvalue weighted by molar-refractivity contribution is 9.10. The molecule has 2 aromatic rings. The van der Waals surface area contributed by atoms with E-state index in [0.717, 1.165) is 62.5 Å². The molecule has 1 aromatic carbocycles. The largest absolute Gasteiger partial charge is 0.360 e. The van der Waals surface area contributed by atoms with Crippen molar-refractivity contribution >= 4 is 44.6 Å². The quantitative estimate of drug-likeness (QED) is 0.489. The maximum Gasteiger partial charge on any atom is 0.148 e. The molecule has 110 valence electrons. The first-order valence-corrected chi connectivity index (χ1v) is 8.67. The number of hydrogen-bond donors (Lipinski definition) is 0. The maximum atomic E-state index is 6.22. The lowest BCUT2D eigenvalue weighted by Gasteiger charge is -2.13. The highest BCUT2D eigenvalue weighted by Gasteiger charge is 2.32. The van der Waals surface area contributed by atoms with Crippen LogP contribution in [0.4, 0.5) is 0 Å². The third-order valence-corrected chi connectivity index (χ3v) is 5.62. The molecule has 0 amide bonds. The first kappa shape index (κ1) is 15.2. The van der Waals surface area contributed by atoms with Gasteiger partial charge in [0.2, 0.25) is 0 Å². The van der Waals surface area contributed by atoms with Gasteiger partial charge >= 0.3 is 0 Å². The Labute approximate surface area is 143 Å². The van der Waals surface area contributed by atoms with Gasteiger partial charge < -0.3 is 4.52 Å². The van der Waals surface area contributed by atoms with Gasteiger partial charge in [-0.3, -0.25) is 0 Å². The van der Waals surface area contributed by atoms with Crippen LogP contribution in [-0.4, -0.2) is 10.0 Å². The molecule has 21 heavy (non-hydrogen) atoms. The molecule has 0 unspecified atom stereocenters. The molecule has 2 nitrogen and oxygen atoms in total. The van der Waals surface area contributed by atoms with Crippen molar-refractivity contribution in [2.75, 3.05) is 0 Å². The molecule has 1 fully saturated rings. The van der Waals surface area contributed by atoms with Gasteiger partial charge in [0.1, 0.15) is 5.76 Å². The number of hydrogen-bond acceptors (Lipinski definition) is 3. The van der Waals surface area contributed by atoms with Crippen molar-refractivity contribution in [1.29, 1.82) is 0 Å². The minimum absolute atomic E-state index is 0.491. The summed E-state index contributed by atoms with van der Waals surface area (Å²) in [6, 6.07) is 3.89. The fraction of sp³-hybridized carbons (Fsp3) is 0.375. The van der Waals surface area contributed by atoms with Gasteiger partial charge in [-0.05, 0) is 52.4 Å². The van der Waals surface area contributed by atoms with E-state index in [1.165, 1.54) is 0 Å². The van der Waals surface area contributed by atoms with Crippen molar-refractivity contribution in [2.45, 2.75) is 38.5 Å². The number of halogens is 2. The molecule has 1 saturated carbocycles. The van der Waals surface area contributed by atoms with Crippen LogP contribution in [0.15, 0.2) is 27.3 Å². The molecule has 1 aliphatic rings. The lowest BCUT2D eigenvalue weighted by molar-refractivity contribution is 0.384. The second-order valence-corrected chi connectivity index (χ2v) is 6.95. The highest BCUT2D eigenvalue weighted by Crippen LogP contribution is 2.42. The van der Waals surface area contributed by atoms with Crippen molar-refractivity contribution in [3.05, 3.63) is 50.3 Å². The summed E-state index contributed by atoms with van der Waals surface area (Å²) in [5, 5.41) is 4.67. The first-order chi connectivity index (χ1) is 10.1. The van der Waals surface area contributed by atoms with Crippen LogP contribution in [0.1, 0.15) is 54.6 Å². The van der Waals surface area contributed by atoms with Crippen LogP contribution < -0.4 is 0 Å². The molecular formula is C16H15BrClNOS. The van der Waals surface area contributed by atoms with Gasteiger partial charge in [-0.1, -0.05) is 48.4 Å². The zero-order valence-corrected chi connectivity index (χ0v) is 14.8. The smallest absolute Gasteiger partial charge is 0.148 e. The van der Waals surface area contributed by atoms with Gasteiger partial charge in [-0.2, -0.15) is 0 Å². The molecule has 0 aliphatic heterocycles. The van der Waals surface area contributed by atoms with Crippen LogP contribution in [0.25, 0.3) is 0 Å². The summed E-state index contributed by atoms with van der Waals surface area (Å²) in [6.07, 6.45) is 6.04. The fourth-order valence-electron chi connectivity index (χ4n) is 2.50. The molecule has 0 radical (unpaired) electrons. The van der Waals surface area contributed by atoms with Crippen LogP contribution in [0.2, 0.25) is 5.02 Å². The Bertz CT molecular complexity index is 694. The van der Waals surface area contributed by atoms with E-state index in [1.54, 1.807) is 6.20 Å². The van der Waals surface area contributed by atoms with Crippen molar-refractivity contribution in [1.82, 2.24) is 5.16 Å². The van der Waals surface area contributed by atoms with Crippen LogP contribution >= 0.6 is 39.7 Å². The van der Waals surface area contributed by atoms with Gasteiger partial charge in [0.05, 0.1) is 21.6 Å². The van der Waals surface area contributed by atoms with Gasteiger partial charge in [0, 0.05) is 10.4 Å². The van der Waals surface area contributed by atoms with E-state index in [1.807, 2.05) is 12.1 Å². The zero-order chi connectivity index (χ0) is 15.0. The molecule has 0 N–H and O–H groups in total. The van der Waals surface area contributed by atoms with Crippen molar-refractivity contribution in [3.8, 4) is 0 Å². The molecule has 5 heteroatoms.